The first-order valence-corrected chi connectivity index (χ1v) is 6.70. The van der Waals surface area contributed by atoms with E-state index in [0.717, 1.165) is 17.4 Å². The topological polar surface area (TPSA) is 42.2 Å². The second-order valence-electron chi connectivity index (χ2n) is 4.41. The average molecular weight is 265 g/mol. The Morgan fingerprint density at radius 1 is 1.59 bits per heavy atom. The number of hydrogen-bond donors (Lipinski definition) is 1. The third-order valence-electron chi connectivity index (χ3n) is 3.04. The van der Waals surface area contributed by atoms with E-state index in [0.29, 0.717) is 15.1 Å². The molecule has 2 aliphatic rings. The van der Waals surface area contributed by atoms with E-state index in [1.807, 2.05) is 12.1 Å². The molecule has 1 aromatic heterocycles. The van der Waals surface area contributed by atoms with E-state index in [4.69, 9.17) is 16.6 Å². The standard InChI is InChI=1S/C12H11NO2S2/c1-6-4-8(6)9-3-2-7(15-9)5-10-11(14)13-12(16)17-10/h2-3,5-6,8H,4H2,1H3,(H,13,14,16)/b10-5+. The van der Waals surface area contributed by atoms with Crippen LogP contribution in [0.2, 0.25) is 0 Å². The molecule has 1 aromatic rings. The summed E-state index contributed by atoms with van der Waals surface area (Å²) in [4.78, 5) is 12.1. The second kappa shape index (κ2) is 3.99. The van der Waals surface area contributed by atoms with Crippen molar-refractivity contribution in [2.75, 3.05) is 0 Å². The summed E-state index contributed by atoms with van der Waals surface area (Å²) in [5.41, 5.74) is 0. The summed E-state index contributed by atoms with van der Waals surface area (Å²) in [6.07, 6.45) is 2.94. The van der Waals surface area contributed by atoms with Gasteiger partial charge in [0.1, 0.15) is 15.8 Å². The summed E-state index contributed by atoms with van der Waals surface area (Å²) in [6, 6.07) is 3.90. The van der Waals surface area contributed by atoms with Crippen molar-refractivity contribution in [2.45, 2.75) is 19.3 Å². The molecular formula is C12H11NO2S2. The number of hydrogen-bond acceptors (Lipinski definition) is 4. The predicted molar refractivity (Wildman–Crippen MR) is 71.5 cm³/mol. The number of carbonyl (C=O) groups excluding carboxylic acids is 1. The summed E-state index contributed by atoms with van der Waals surface area (Å²) in [6.45, 7) is 2.21. The van der Waals surface area contributed by atoms with Gasteiger partial charge >= 0.3 is 0 Å². The number of rotatable bonds is 2. The Hall–Kier alpha value is -1.07. The summed E-state index contributed by atoms with van der Waals surface area (Å²) in [5.74, 6) is 2.89. The molecule has 0 radical (unpaired) electrons. The van der Waals surface area contributed by atoms with E-state index in [1.54, 1.807) is 6.08 Å². The number of thioether (sulfide) groups is 1. The first-order chi connectivity index (χ1) is 8.13. The summed E-state index contributed by atoms with van der Waals surface area (Å²) in [7, 11) is 0. The highest BCUT2D eigenvalue weighted by atomic mass is 32.2. The van der Waals surface area contributed by atoms with E-state index >= 15 is 0 Å². The Morgan fingerprint density at radius 2 is 2.35 bits per heavy atom. The van der Waals surface area contributed by atoms with Crippen LogP contribution in [0.1, 0.15) is 30.8 Å². The van der Waals surface area contributed by atoms with Crippen molar-refractivity contribution in [1.29, 1.82) is 0 Å². The van der Waals surface area contributed by atoms with Crippen LogP contribution in [0.4, 0.5) is 0 Å². The maximum Gasteiger partial charge on any atom is 0.263 e. The Balaban J connectivity index is 1.81. The quantitative estimate of drug-likeness (QED) is 0.659. The zero-order valence-corrected chi connectivity index (χ0v) is 10.9. The molecule has 1 saturated heterocycles. The maximum atomic E-state index is 11.5. The van der Waals surface area contributed by atoms with Gasteiger partial charge < -0.3 is 9.73 Å². The summed E-state index contributed by atoms with van der Waals surface area (Å²) >= 11 is 6.20. The van der Waals surface area contributed by atoms with Crippen LogP contribution < -0.4 is 5.32 Å². The zero-order valence-electron chi connectivity index (χ0n) is 9.23. The van der Waals surface area contributed by atoms with Crippen molar-refractivity contribution >= 4 is 40.3 Å². The molecule has 2 heterocycles. The SMILES string of the molecule is CC1CC1c1ccc(/C=C2/SC(=S)NC2=O)o1. The minimum absolute atomic E-state index is 0.141. The van der Waals surface area contributed by atoms with Gasteiger partial charge in [0.2, 0.25) is 0 Å². The Labute approximate surface area is 109 Å². The molecule has 3 nitrogen and oxygen atoms in total. The largest absolute Gasteiger partial charge is 0.461 e. The van der Waals surface area contributed by atoms with Crippen LogP contribution in [0.25, 0.3) is 6.08 Å². The highest BCUT2D eigenvalue weighted by molar-refractivity contribution is 8.26. The molecular weight excluding hydrogens is 254 g/mol. The van der Waals surface area contributed by atoms with Crippen LogP contribution in [0.5, 0.6) is 0 Å². The average Bonchev–Trinajstić information content (AvgIpc) is 2.71. The van der Waals surface area contributed by atoms with Crippen LogP contribution in [-0.4, -0.2) is 10.2 Å². The van der Waals surface area contributed by atoms with Crippen LogP contribution in [0.15, 0.2) is 21.5 Å². The highest BCUT2D eigenvalue weighted by Crippen LogP contribution is 2.47. The minimum atomic E-state index is -0.141. The first-order valence-electron chi connectivity index (χ1n) is 5.48. The Bertz CT molecular complexity index is 532. The number of carbonyl (C=O) groups is 1. The van der Waals surface area contributed by atoms with Crippen molar-refractivity contribution in [3.05, 3.63) is 28.6 Å². The molecule has 3 rings (SSSR count). The van der Waals surface area contributed by atoms with Crippen LogP contribution in [0, 0.1) is 5.92 Å². The van der Waals surface area contributed by atoms with E-state index < -0.39 is 0 Å². The molecule has 5 heteroatoms. The van der Waals surface area contributed by atoms with Gasteiger partial charge in [0.05, 0.1) is 4.91 Å². The molecule has 2 unspecified atom stereocenters. The second-order valence-corrected chi connectivity index (χ2v) is 6.13. The molecule has 1 N–H and O–H groups in total. The number of thiocarbonyl (C=S) groups is 1. The van der Waals surface area contributed by atoms with Crippen molar-refractivity contribution in [2.24, 2.45) is 5.92 Å². The third-order valence-corrected chi connectivity index (χ3v) is 4.20. The summed E-state index contributed by atoms with van der Waals surface area (Å²) < 4.78 is 6.21. The first kappa shape index (κ1) is 11.0. The van der Waals surface area contributed by atoms with Gasteiger partial charge in [-0.15, -0.1) is 0 Å². The molecule has 2 fully saturated rings. The lowest BCUT2D eigenvalue weighted by molar-refractivity contribution is -0.115. The zero-order chi connectivity index (χ0) is 12.0. The van der Waals surface area contributed by atoms with E-state index in [2.05, 4.69) is 12.2 Å². The van der Waals surface area contributed by atoms with Crippen LogP contribution in [-0.2, 0) is 4.79 Å². The van der Waals surface area contributed by atoms with Crippen molar-refractivity contribution in [1.82, 2.24) is 5.32 Å². The number of furan rings is 1. The fourth-order valence-electron chi connectivity index (χ4n) is 1.91. The minimum Gasteiger partial charge on any atom is -0.461 e. The fraction of sp³-hybridized carbons (Fsp3) is 0.333. The Kier molecular flexibility index (Phi) is 2.60. The molecule has 0 aromatic carbocycles. The number of nitrogens with one attached hydrogen (secondary N) is 1. The van der Waals surface area contributed by atoms with Gasteiger partial charge in [0, 0.05) is 12.0 Å². The van der Waals surface area contributed by atoms with E-state index in [9.17, 15) is 4.79 Å². The van der Waals surface area contributed by atoms with E-state index in [1.165, 1.54) is 18.2 Å². The van der Waals surface area contributed by atoms with Gasteiger partial charge in [-0.25, -0.2) is 0 Å². The predicted octanol–water partition coefficient (Wildman–Crippen LogP) is 2.89. The molecule has 2 atom stereocenters. The Morgan fingerprint density at radius 3 is 2.94 bits per heavy atom. The molecule has 17 heavy (non-hydrogen) atoms. The van der Waals surface area contributed by atoms with Crippen molar-refractivity contribution in [3.8, 4) is 0 Å². The van der Waals surface area contributed by atoms with Gasteiger partial charge in [0.15, 0.2) is 0 Å². The van der Waals surface area contributed by atoms with Gasteiger partial charge in [0.25, 0.3) is 5.91 Å². The fourth-order valence-corrected chi connectivity index (χ4v) is 2.94. The lowest BCUT2D eigenvalue weighted by Gasteiger charge is -1.92. The smallest absolute Gasteiger partial charge is 0.263 e. The van der Waals surface area contributed by atoms with Gasteiger partial charge in [-0.1, -0.05) is 30.9 Å². The molecule has 1 aliphatic carbocycles. The third kappa shape index (κ3) is 2.17. The normalized spacial score (nSPS) is 29.8. The number of amides is 1. The molecule has 88 valence electrons. The van der Waals surface area contributed by atoms with Gasteiger partial charge in [-0.2, -0.15) is 0 Å². The lowest BCUT2D eigenvalue weighted by atomic mass is 10.3. The lowest BCUT2D eigenvalue weighted by Crippen LogP contribution is -2.17. The van der Waals surface area contributed by atoms with E-state index in [-0.39, 0.29) is 5.91 Å². The molecule has 1 aliphatic heterocycles. The van der Waals surface area contributed by atoms with Gasteiger partial charge in [-0.05, 0) is 24.5 Å². The van der Waals surface area contributed by atoms with Gasteiger partial charge in [-0.3, -0.25) is 4.79 Å². The summed E-state index contributed by atoms with van der Waals surface area (Å²) in [5, 5.41) is 2.58. The van der Waals surface area contributed by atoms with Crippen LogP contribution in [0.3, 0.4) is 0 Å². The van der Waals surface area contributed by atoms with Crippen molar-refractivity contribution in [3.63, 3.8) is 0 Å². The highest BCUT2D eigenvalue weighted by Gasteiger charge is 2.36. The van der Waals surface area contributed by atoms with Crippen LogP contribution >= 0.6 is 24.0 Å². The monoisotopic (exact) mass is 265 g/mol. The molecule has 0 spiro atoms. The molecule has 1 saturated carbocycles. The van der Waals surface area contributed by atoms with Crippen molar-refractivity contribution < 1.29 is 9.21 Å². The molecule has 1 amide bonds. The maximum absolute atomic E-state index is 11.5. The molecule has 0 bridgehead atoms.